The third kappa shape index (κ3) is 3.31. The SMILES string of the molecule is Cc1cnc(NC2CC3CC2N(C(=O)c2nc(C)ccc2-n2nccn2)C3)c(Cl)c1. The summed E-state index contributed by atoms with van der Waals surface area (Å²) in [5, 5.41) is 12.4. The van der Waals surface area contributed by atoms with E-state index in [2.05, 4.69) is 25.5 Å². The molecule has 2 bridgehead atoms. The quantitative estimate of drug-likeness (QED) is 0.693. The van der Waals surface area contributed by atoms with Crippen LogP contribution < -0.4 is 5.32 Å². The number of nitrogens with zero attached hydrogens (tertiary/aromatic N) is 6. The van der Waals surface area contributed by atoms with Gasteiger partial charge in [-0.3, -0.25) is 4.79 Å². The van der Waals surface area contributed by atoms with Crippen molar-refractivity contribution in [3.63, 3.8) is 0 Å². The summed E-state index contributed by atoms with van der Waals surface area (Å²) in [4.78, 5) is 25.9. The van der Waals surface area contributed by atoms with Gasteiger partial charge in [-0.15, -0.1) is 4.80 Å². The molecular formula is C21H22ClN7O. The van der Waals surface area contributed by atoms with Gasteiger partial charge in [0.1, 0.15) is 11.5 Å². The summed E-state index contributed by atoms with van der Waals surface area (Å²) in [5.41, 5.74) is 2.76. The lowest BCUT2D eigenvalue weighted by atomic mass is 10.0. The molecule has 0 radical (unpaired) electrons. The number of amides is 1. The highest BCUT2D eigenvalue weighted by molar-refractivity contribution is 6.32. The van der Waals surface area contributed by atoms with Gasteiger partial charge in [0.15, 0.2) is 5.69 Å². The Morgan fingerprint density at radius 1 is 1.20 bits per heavy atom. The van der Waals surface area contributed by atoms with Gasteiger partial charge in [-0.2, -0.15) is 10.2 Å². The van der Waals surface area contributed by atoms with E-state index < -0.39 is 0 Å². The lowest BCUT2D eigenvalue weighted by Crippen LogP contribution is -2.48. The first-order chi connectivity index (χ1) is 14.5. The molecule has 154 valence electrons. The van der Waals surface area contributed by atoms with Crippen LogP contribution in [0.1, 0.15) is 34.6 Å². The van der Waals surface area contributed by atoms with Crippen LogP contribution in [0, 0.1) is 19.8 Å². The zero-order chi connectivity index (χ0) is 20.8. The van der Waals surface area contributed by atoms with Crippen LogP contribution in [0.2, 0.25) is 5.02 Å². The van der Waals surface area contributed by atoms with Gasteiger partial charge in [-0.25, -0.2) is 9.97 Å². The molecule has 1 saturated heterocycles. The van der Waals surface area contributed by atoms with Gasteiger partial charge < -0.3 is 10.2 Å². The summed E-state index contributed by atoms with van der Waals surface area (Å²) in [6, 6.07) is 5.78. The standard InChI is InChI=1S/C21H22ClN7O/c1-12-7-15(22)20(23-10-12)27-16-8-14-9-18(16)28(11-14)21(30)19-17(4-3-13(2)26-19)29-24-5-6-25-29/h3-7,10,14,16,18H,8-9,11H2,1-2H3,(H,23,27). The monoisotopic (exact) mass is 423 g/mol. The van der Waals surface area contributed by atoms with E-state index in [0.717, 1.165) is 30.6 Å². The van der Waals surface area contributed by atoms with Crippen molar-refractivity contribution in [2.45, 2.75) is 38.8 Å². The second-order valence-electron chi connectivity index (χ2n) is 8.10. The normalized spacial score (nSPS) is 22.5. The first-order valence-electron chi connectivity index (χ1n) is 10.0. The van der Waals surface area contributed by atoms with Crippen LogP contribution in [0.5, 0.6) is 0 Å². The van der Waals surface area contributed by atoms with Crippen LogP contribution in [0.25, 0.3) is 5.69 Å². The van der Waals surface area contributed by atoms with E-state index in [4.69, 9.17) is 11.6 Å². The summed E-state index contributed by atoms with van der Waals surface area (Å²) in [6.45, 7) is 4.57. The third-order valence-electron chi connectivity index (χ3n) is 5.89. The van der Waals surface area contributed by atoms with Crippen LogP contribution in [-0.4, -0.2) is 54.4 Å². The van der Waals surface area contributed by atoms with Crippen molar-refractivity contribution < 1.29 is 4.79 Å². The second-order valence-corrected chi connectivity index (χ2v) is 8.50. The number of rotatable bonds is 4. The van der Waals surface area contributed by atoms with Crippen molar-refractivity contribution in [1.29, 1.82) is 0 Å². The lowest BCUT2D eigenvalue weighted by Gasteiger charge is -2.34. The maximum atomic E-state index is 13.5. The summed E-state index contributed by atoms with van der Waals surface area (Å²) in [7, 11) is 0. The van der Waals surface area contributed by atoms with E-state index in [1.54, 1.807) is 18.6 Å². The molecule has 1 N–H and O–H groups in total. The highest BCUT2D eigenvalue weighted by atomic mass is 35.5. The first kappa shape index (κ1) is 19.0. The molecule has 4 heterocycles. The smallest absolute Gasteiger partial charge is 0.275 e. The molecule has 1 aliphatic carbocycles. The summed E-state index contributed by atoms with van der Waals surface area (Å²) in [6.07, 6.45) is 6.93. The number of likely N-dealkylation sites (tertiary alicyclic amines) is 1. The molecule has 1 aliphatic heterocycles. The molecule has 2 fully saturated rings. The Labute approximate surface area is 179 Å². The van der Waals surface area contributed by atoms with Crippen molar-refractivity contribution in [3.8, 4) is 5.69 Å². The zero-order valence-corrected chi connectivity index (χ0v) is 17.5. The maximum absolute atomic E-state index is 13.5. The number of anilines is 1. The second kappa shape index (κ2) is 7.36. The Bertz CT molecular complexity index is 1100. The van der Waals surface area contributed by atoms with Gasteiger partial charge in [-0.05, 0) is 56.4 Å². The molecule has 0 aromatic carbocycles. The summed E-state index contributed by atoms with van der Waals surface area (Å²) >= 11 is 6.37. The number of aromatic nitrogens is 5. The molecule has 0 spiro atoms. The fourth-order valence-corrected chi connectivity index (χ4v) is 4.85. The number of hydrogen-bond acceptors (Lipinski definition) is 6. The van der Waals surface area contributed by atoms with E-state index in [0.29, 0.717) is 28.1 Å². The van der Waals surface area contributed by atoms with E-state index in [1.807, 2.05) is 36.9 Å². The fourth-order valence-electron chi connectivity index (χ4n) is 4.57. The first-order valence-corrected chi connectivity index (χ1v) is 10.4. The molecule has 1 amide bonds. The molecule has 30 heavy (non-hydrogen) atoms. The summed E-state index contributed by atoms with van der Waals surface area (Å²) < 4.78 is 0. The predicted molar refractivity (Wildman–Crippen MR) is 113 cm³/mol. The van der Waals surface area contributed by atoms with E-state index >= 15 is 0 Å². The molecule has 8 nitrogen and oxygen atoms in total. The van der Waals surface area contributed by atoms with Gasteiger partial charge in [0, 0.05) is 24.5 Å². The molecule has 3 atom stereocenters. The van der Waals surface area contributed by atoms with Crippen LogP contribution in [0.4, 0.5) is 5.82 Å². The number of pyridine rings is 2. The Kier molecular flexibility index (Phi) is 4.66. The van der Waals surface area contributed by atoms with Crippen molar-refractivity contribution >= 4 is 23.3 Å². The zero-order valence-electron chi connectivity index (χ0n) is 16.8. The van der Waals surface area contributed by atoms with Gasteiger partial charge >= 0.3 is 0 Å². The number of aryl methyl sites for hydroxylation is 2. The molecule has 3 aromatic heterocycles. The van der Waals surface area contributed by atoms with E-state index in [-0.39, 0.29) is 18.0 Å². The van der Waals surface area contributed by atoms with E-state index in [9.17, 15) is 4.79 Å². The number of hydrogen-bond donors (Lipinski definition) is 1. The minimum atomic E-state index is -0.0898. The van der Waals surface area contributed by atoms with Crippen LogP contribution in [-0.2, 0) is 0 Å². The average Bonchev–Trinajstić information content (AvgIpc) is 3.46. The van der Waals surface area contributed by atoms with Gasteiger partial charge in [-0.1, -0.05) is 11.6 Å². The van der Waals surface area contributed by atoms with Crippen molar-refractivity contribution in [1.82, 2.24) is 29.9 Å². The van der Waals surface area contributed by atoms with Crippen LogP contribution in [0.3, 0.4) is 0 Å². The number of carbonyl (C=O) groups excluding carboxylic acids is 1. The van der Waals surface area contributed by atoms with E-state index in [1.165, 1.54) is 4.80 Å². The molecule has 3 aromatic rings. The Morgan fingerprint density at radius 2 is 2.00 bits per heavy atom. The van der Waals surface area contributed by atoms with Gasteiger partial charge in [0.2, 0.25) is 0 Å². The molecule has 2 aliphatic rings. The fraction of sp³-hybridized carbons (Fsp3) is 0.381. The number of halogens is 1. The Morgan fingerprint density at radius 3 is 2.73 bits per heavy atom. The highest BCUT2D eigenvalue weighted by Gasteiger charge is 2.48. The minimum Gasteiger partial charge on any atom is -0.364 e. The topological polar surface area (TPSA) is 88.8 Å². The van der Waals surface area contributed by atoms with Crippen molar-refractivity contribution in [2.75, 3.05) is 11.9 Å². The molecule has 3 unspecified atom stereocenters. The molecule has 9 heteroatoms. The third-order valence-corrected chi connectivity index (χ3v) is 6.18. The number of fused-ring (bicyclic) bond motifs is 2. The average molecular weight is 424 g/mol. The predicted octanol–water partition coefficient (Wildman–Crippen LogP) is 3.04. The highest BCUT2D eigenvalue weighted by Crippen LogP contribution is 2.40. The maximum Gasteiger partial charge on any atom is 0.275 e. The minimum absolute atomic E-state index is 0.0717. The Hall–Kier alpha value is -3.00. The van der Waals surface area contributed by atoms with Crippen LogP contribution >= 0.6 is 11.6 Å². The van der Waals surface area contributed by atoms with Crippen LogP contribution in [0.15, 0.2) is 36.8 Å². The summed E-state index contributed by atoms with van der Waals surface area (Å²) in [5.74, 6) is 1.03. The van der Waals surface area contributed by atoms with Gasteiger partial charge in [0.05, 0.1) is 23.5 Å². The number of piperidine rings is 1. The molecular weight excluding hydrogens is 402 g/mol. The molecule has 5 rings (SSSR count). The van der Waals surface area contributed by atoms with Gasteiger partial charge in [0.25, 0.3) is 5.91 Å². The van der Waals surface area contributed by atoms with Crippen molar-refractivity contribution in [2.24, 2.45) is 5.92 Å². The van der Waals surface area contributed by atoms with Crippen molar-refractivity contribution in [3.05, 3.63) is 58.8 Å². The Balaban J connectivity index is 1.42. The largest absolute Gasteiger partial charge is 0.364 e. The number of nitrogens with one attached hydrogen (secondary N) is 1. The lowest BCUT2D eigenvalue weighted by molar-refractivity contribution is 0.0685. The number of carbonyl (C=O) groups is 1. The molecule has 1 saturated carbocycles.